The number of hydrogen-bond donors (Lipinski definition) is 2. The quantitative estimate of drug-likeness (QED) is 0.423. The number of amides is 1. The van der Waals surface area contributed by atoms with Crippen molar-refractivity contribution in [1.82, 2.24) is 24.6 Å². The highest BCUT2D eigenvalue weighted by Crippen LogP contribution is 2.09. The lowest BCUT2D eigenvalue weighted by Gasteiger charge is -2.08. The molecule has 0 bridgehead atoms. The molecule has 11 heteroatoms. The van der Waals surface area contributed by atoms with Crippen molar-refractivity contribution >= 4 is 27.0 Å². The number of nitrogens with two attached hydrogens (primary N) is 1. The highest BCUT2D eigenvalue weighted by molar-refractivity contribution is 7.89. The van der Waals surface area contributed by atoms with Crippen LogP contribution in [0.1, 0.15) is 15.9 Å². The monoisotopic (exact) mass is 452 g/mol. The molecule has 0 unspecified atom stereocenters. The third-order valence-electron chi connectivity index (χ3n) is 4.87. The zero-order valence-corrected chi connectivity index (χ0v) is 17.7. The van der Waals surface area contributed by atoms with Gasteiger partial charge < -0.3 is 5.32 Å². The summed E-state index contributed by atoms with van der Waals surface area (Å²) >= 11 is 0. The van der Waals surface area contributed by atoms with E-state index in [1.54, 1.807) is 4.68 Å². The summed E-state index contributed by atoms with van der Waals surface area (Å²) in [6.07, 6.45) is 2.96. The normalized spacial score (nSPS) is 11.5. The minimum atomic E-state index is -3.81. The summed E-state index contributed by atoms with van der Waals surface area (Å²) < 4.78 is 25.7. The first-order valence-electron chi connectivity index (χ1n) is 9.69. The van der Waals surface area contributed by atoms with Crippen molar-refractivity contribution < 1.29 is 13.2 Å². The zero-order chi connectivity index (χ0) is 22.7. The maximum absolute atomic E-state index is 12.8. The molecule has 0 aliphatic heterocycles. The van der Waals surface area contributed by atoms with Crippen molar-refractivity contribution in [3.63, 3.8) is 0 Å². The van der Waals surface area contributed by atoms with E-state index in [1.807, 2.05) is 30.3 Å². The number of benzene rings is 2. The molecule has 0 saturated carbocycles. The minimum absolute atomic E-state index is 0.0685. The Labute approximate surface area is 183 Å². The molecule has 0 aliphatic rings. The van der Waals surface area contributed by atoms with E-state index >= 15 is 0 Å². The lowest BCUT2D eigenvalue weighted by molar-refractivity contribution is 0.0952. The van der Waals surface area contributed by atoms with Crippen molar-refractivity contribution in [3.8, 4) is 0 Å². The summed E-state index contributed by atoms with van der Waals surface area (Å²) in [5, 5.41) is 12.4. The van der Waals surface area contributed by atoms with Gasteiger partial charge in [0.2, 0.25) is 10.0 Å². The second-order valence-corrected chi connectivity index (χ2v) is 8.65. The molecule has 0 saturated heterocycles. The van der Waals surface area contributed by atoms with Gasteiger partial charge in [0.15, 0.2) is 5.65 Å². The Morgan fingerprint density at radius 3 is 2.47 bits per heavy atom. The molecule has 3 N–H and O–H groups in total. The Kier molecular flexibility index (Phi) is 5.84. The second-order valence-electron chi connectivity index (χ2n) is 7.09. The summed E-state index contributed by atoms with van der Waals surface area (Å²) in [6.45, 7) is 0.953. The Balaban J connectivity index is 1.42. The van der Waals surface area contributed by atoms with Crippen LogP contribution in [0.4, 0.5) is 0 Å². The van der Waals surface area contributed by atoms with Gasteiger partial charge in [0.05, 0.1) is 24.2 Å². The molecular weight excluding hydrogens is 432 g/mol. The summed E-state index contributed by atoms with van der Waals surface area (Å²) in [6, 6.07) is 14.9. The van der Waals surface area contributed by atoms with Gasteiger partial charge >= 0.3 is 0 Å². The van der Waals surface area contributed by atoms with Crippen LogP contribution in [-0.4, -0.2) is 40.2 Å². The molecule has 0 aliphatic carbocycles. The molecule has 1 amide bonds. The maximum Gasteiger partial charge on any atom is 0.264 e. The van der Waals surface area contributed by atoms with E-state index in [4.69, 9.17) is 5.14 Å². The van der Waals surface area contributed by atoms with Crippen molar-refractivity contribution in [2.24, 2.45) is 5.14 Å². The molecule has 164 valence electrons. The van der Waals surface area contributed by atoms with E-state index in [9.17, 15) is 18.0 Å². The van der Waals surface area contributed by atoms with Crippen LogP contribution in [-0.2, 0) is 23.1 Å². The highest BCUT2D eigenvalue weighted by atomic mass is 32.2. The van der Waals surface area contributed by atoms with Gasteiger partial charge in [-0.25, -0.2) is 23.2 Å². The van der Waals surface area contributed by atoms with Crippen LogP contribution in [0, 0.1) is 0 Å². The number of hydrogen-bond acceptors (Lipinski definition) is 6. The van der Waals surface area contributed by atoms with Gasteiger partial charge in [0.25, 0.3) is 11.5 Å². The largest absolute Gasteiger partial charge is 0.350 e. The molecule has 2 aromatic carbocycles. The van der Waals surface area contributed by atoms with E-state index in [2.05, 4.69) is 15.4 Å². The number of rotatable bonds is 7. The fraction of sp³-hybridized carbons (Fsp3) is 0.143. The average Bonchev–Trinajstić information content (AvgIpc) is 3.19. The average molecular weight is 452 g/mol. The molecule has 2 aromatic heterocycles. The molecule has 0 spiro atoms. The van der Waals surface area contributed by atoms with Gasteiger partial charge in [-0.15, -0.1) is 0 Å². The number of aromatic nitrogens is 4. The number of nitrogens with one attached hydrogen (secondary N) is 1. The molecule has 4 rings (SSSR count). The topological polar surface area (TPSA) is 142 Å². The SMILES string of the molecule is NS(=O)(=O)c1ccc(C(=O)NCCn2ncc3c(=O)n(Cc4ccccc4)cnc32)cc1. The zero-order valence-electron chi connectivity index (χ0n) is 16.9. The van der Waals surface area contributed by atoms with Crippen molar-refractivity contribution in [3.05, 3.63) is 88.6 Å². The molecule has 10 nitrogen and oxygen atoms in total. The fourth-order valence-corrected chi connectivity index (χ4v) is 3.74. The third-order valence-corrected chi connectivity index (χ3v) is 5.80. The third kappa shape index (κ3) is 4.58. The van der Waals surface area contributed by atoms with E-state index in [0.29, 0.717) is 29.7 Å². The summed E-state index contributed by atoms with van der Waals surface area (Å²) in [7, 11) is -3.81. The van der Waals surface area contributed by atoms with Crippen molar-refractivity contribution in [1.29, 1.82) is 0 Å². The van der Waals surface area contributed by atoms with Gasteiger partial charge in [-0.05, 0) is 29.8 Å². The Bertz CT molecular complexity index is 1430. The fourth-order valence-electron chi connectivity index (χ4n) is 3.23. The van der Waals surface area contributed by atoms with Crippen molar-refractivity contribution in [2.45, 2.75) is 18.0 Å². The highest BCUT2D eigenvalue weighted by Gasteiger charge is 2.12. The standard InChI is InChI=1S/C21H20N6O4S/c22-32(30,31)17-8-6-16(7-9-17)20(28)23-10-11-27-19-18(12-25-27)21(29)26(14-24-19)13-15-4-2-1-3-5-15/h1-9,12,14H,10-11,13H2,(H,23,28)(H2,22,30,31). The van der Waals surface area contributed by atoms with Crippen LogP contribution in [0.2, 0.25) is 0 Å². The number of carbonyl (C=O) groups excluding carboxylic acids is 1. The molecular formula is C21H20N6O4S. The predicted octanol–water partition coefficient (Wildman–Crippen LogP) is 0.719. The number of fused-ring (bicyclic) bond motifs is 1. The maximum atomic E-state index is 12.8. The summed E-state index contributed by atoms with van der Waals surface area (Å²) in [5.41, 5.74) is 1.53. The number of primary sulfonamides is 1. The lowest BCUT2D eigenvalue weighted by Crippen LogP contribution is -2.28. The first-order valence-corrected chi connectivity index (χ1v) is 11.2. The Morgan fingerprint density at radius 2 is 1.78 bits per heavy atom. The van der Waals surface area contributed by atoms with Crippen LogP contribution in [0.25, 0.3) is 11.0 Å². The lowest BCUT2D eigenvalue weighted by atomic mass is 10.2. The number of sulfonamides is 1. The smallest absolute Gasteiger partial charge is 0.264 e. The Morgan fingerprint density at radius 1 is 1.06 bits per heavy atom. The van der Waals surface area contributed by atoms with E-state index in [0.717, 1.165) is 5.56 Å². The van der Waals surface area contributed by atoms with Gasteiger partial charge in [-0.2, -0.15) is 5.10 Å². The second kappa shape index (κ2) is 8.73. The summed E-state index contributed by atoms with van der Waals surface area (Å²) in [5.74, 6) is -0.374. The van der Waals surface area contributed by atoms with Crippen LogP contribution >= 0.6 is 0 Å². The van der Waals surface area contributed by atoms with Crippen LogP contribution < -0.4 is 16.0 Å². The number of nitrogens with zero attached hydrogens (tertiary/aromatic N) is 4. The van der Waals surface area contributed by atoms with Crippen molar-refractivity contribution in [2.75, 3.05) is 6.54 Å². The first kappa shape index (κ1) is 21.4. The van der Waals surface area contributed by atoms with E-state index in [1.165, 1.54) is 41.4 Å². The van der Waals surface area contributed by atoms with Gasteiger partial charge in [-0.1, -0.05) is 30.3 Å². The van der Waals surface area contributed by atoms with Crippen LogP contribution in [0.15, 0.2) is 76.8 Å². The van der Waals surface area contributed by atoms with E-state index in [-0.39, 0.29) is 22.9 Å². The number of carbonyl (C=O) groups is 1. The minimum Gasteiger partial charge on any atom is -0.350 e. The first-order chi connectivity index (χ1) is 15.3. The molecule has 4 aromatic rings. The van der Waals surface area contributed by atoms with Crippen LogP contribution in [0.5, 0.6) is 0 Å². The van der Waals surface area contributed by atoms with E-state index < -0.39 is 10.0 Å². The predicted molar refractivity (Wildman–Crippen MR) is 117 cm³/mol. The van der Waals surface area contributed by atoms with Gasteiger partial charge in [-0.3, -0.25) is 14.2 Å². The molecule has 0 fully saturated rings. The molecule has 32 heavy (non-hydrogen) atoms. The molecule has 0 atom stereocenters. The van der Waals surface area contributed by atoms with Gasteiger partial charge in [0, 0.05) is 12.1 Å². The Hall–Kier alpha value is -3.83. The van der Waals surface area contributed by atoms with Gasteiger partial charge in [0.1, 0.15) is 11.7 Å². The molecule has 0 radical (unpaired) electrons. The molecule has 2 heterocycles. The summed E-state index contributed by atoms with van der Waals surface area (Å²) in [4.78, 5) is 29.3. The van der Waals surface area contributed by atoms with Crippen LogP contribution in [0.3, 0.4) is 0 Å².